The van der Waals surface area contributed by atoms with Gasteiger partial charge in [0.15, 0.2) is 5.92 Å². The molecule has 1 N–H and O–H groups in total. The maximum atomic E-state index is 12.3. The lowest BCUT2D eigenvalue weighted by atomic mass is 10.0. The number of amides is 1. The second-order valence-corrected chi connectivity index (χ2v) is 5.84. The zero-order valence-corrected chi connectivity index (χ0v) is 14.9. The topological polar surface area (TPSA) is 74.5 Å². The van der Waals surface area contributed by atoms with Crippen molar-refractivity contribution in [2.75, 3.05) is 6.61 Å². The van der Waals surface area contributed by atoms with Gasteiger partial charge in [0.05, 0.1) is 18.9 Å². The van der Waals surface area contributed by atoms with E-state index in [0.29, 0.717) is 12.2 Å². The molecule has 0 aliphatic carbocycles. The summed E-state index contributed by atoms with van der Waals surface area (Å²) in [6, 6.07) is 22.6. The largest absolute Gasteiger partial charge is 0.493 e. The Kier molecular flexibility index (Phi) is 5.80. The highest BCUT2D eigenvalue weighted by molar-refractivity contribution is 6.02. The molecule has 0 unspecified atom stereocenters. The van der Waals surface area contributed by atoms with Crippen LogP contribution in [-0.2, 0) is 4.79 Å². The van der Waals surface area contributed by atoms with Crippen molar-refractivity contribution in [2.45, 2.75) is 12.8 Å². The number of nitriles is 1. The van der Waals surface area contributed by atoms with Gasteiger partial charge >= 0.3 is 0 Å². The average Bonchev–Trinajstić information content (AvgIpc) is 2.71. The number of carbonyl (C=O) groups is 1. The Balaban J connectivity index is 1.80. The van der Waals surface area contributed by atoms with E-state index in [9.17, 15) is 10.1 Å². The number of hydrogen-bond acceptors (Lipinski definition) is 4. The molecule has 134 valence electrons. The number of ether oxygens (including phenoxy) is 1. The molecule has 5 heteroatoms. The fourth-order valence-electron chi connectivity index (χ4n) is 2.85. The fraction of sp³-hybridized carbons (Fsp3) is 0.136. The molecular weight excluding hydrogens is 338 g/mol. The molecule has 5 nitrogen and oxygen atoms in total. The van der Waals surface area contributed by atoms with Gasteiger partial charge in [0, 0.05) is 10.9 Å². The first-order chi connectivity index (χ1) is 13.2. The van der Waals surface area contributed by atoms with E-state index < -0.39 is 11.8 Å². The average molecular weight is 357 g/mol. The van der Waals surface area contributed by atoms with Crippen molar-refractivity contribution in [1.82, 2.24) is 5.43 Å². The zero-order chi connectivity index (χ0) is 19.1. The zero-order valence-electron chi connectivity index (χ0n) is 14.9. The Bertz CT molecular complexity index is 1010. The molecule has 0 aliphatic rings. The van der Waals surface area contributed by atoms with Crippen molar-refractivity contribution < 1.29 is 9.53 Å². The van der Waals surface area contributed by atoms with Crippen molar-refractivity contribution in [3.8, 4) is 11.8 Å². The molecule has 3 aromatic rings. The maximum absolute atomic E-state index is 12.3. The van der Waals surface area contributed by atoms with Gasteiger partial charge < -0.3 is 4.74 Å². The smallest absolute Gasteiger partial charge is 0.261 e. The van der Waals surface area contributed by atoms with Crippen molar-refractivity contribution in [2.24, 2.45) is 5.10 Å². The van der Waals surface area contributed by atoms with Crippen LogP contribution in [0, 0.1) is 11.3 Å². The minimum absolute atomic E-state index is 0.463. The molecule has 0 saturated heterocycles. The lowest BCUT2D eigenvalue weighted by Crippen LogP contribution is -2.24. The Morgan fingerprint density at radius 3 is 2.52 bits per heavy atom. The van der Waals surface area contributed by atoms with Gasteiger partial charge in [-0.15, -0.1) is 0 Å². The van der Waals surface area contributed by atoms with E-state index in [0.717, 1.165) is 22.1 Å². The van der Waals surface area contributed by atoms with Crippen LogP contribution in [0.1, 0.15) is 24.0 Å². The van der Waals surface area contributed by atoms with Crippen molar-refractivity contribution in [3.63, 3.8) is 0 Å². The van der Waals surface area contributed by atoms with Crippen LogP contribution in [0.3, 0.4) is 0 Å². The van der Waals surface area contributed by atoms with E-state index >= 15 is 0 Å². The summed E-state index contributed by atoms with van der Waals surface area (Å²) in [7, 11) is 0. The third kappa shape index (κ3) is 4.13. The molecule has 0 heterocycles. The third-order valence-electron chi connectivity index (χ3n) is 4.12. The first-order valence-corrected chi connectivity index (χ1v) is 8.66. The number of nitrogens with one attached hydrogen (secondary N) is 1. The van der Waals surface area contributed by atoms with Gasteiger partial charge in [0.2, 0.25) is 0 Å². The molecule has 0 aromatic heterocycles. The quantitative estimate of drug-likeness (QED) is 0.535. The standard InChI is InChI=1S/C22H19N3O2/c1-2-27-21-13-12-17(18-10-6-7-11-19(18)21)15-24-25-22(26)20(14-23)16-8-4-3-5-9-16/h3-13,15,20H,2H2,1H3,(H,25,26)/b24-15-/t20-/m1/s1. The summed E-state index contributed by atoms with van der Waals surface area (Å²) in [6.07, 6.45) is 1.58. The van der Waals surface area contributed by atoms with Crippen molar-refractivity contribution in [1.29, 1.82) is 5.26 Å². The first kappa shape index (κ1) is 18.2. The number of hydrogen-bond donors (Lipinski definition) is 1. The predicted molar refractivity (Wildman–Crippen MR) is 106 cm³/mol. The summed E-state index contributed by atoms with van der Waals surface area (Å²) >= 11 is 0. The highest BCUT2D eigenvalue weighted by atomic mass is 16.5. The molecule has 1 amide bonds. The number of rotatable bonds is 6. The predicted octanol–water partition coefficient (Wildman–Crippen LogP) is 4.00. The Morgan fingerprint density at radius 1 is 1.11 bits per heavy atom. The van der Waals surface area contributed by atoms with Gasteiger partial charge in [-0.3, -0.25) is 4.79 Å². The van der Waals surface area contributed by atoms with Crippen LogP contribution in [0.5, 0.6) is 5.75 Å². The summed E-state index contributed by atoms with van der Waals surface area (Å²) in [5.41, 5.74) is 3.95. The minimum Gasteiger partial charge on any atom is -0.493 e. The van der Waals surface area contributed by atoms with Gasteiger partial charge in [0.1, 0.15) is 5.75 Å². The van der Waals surface area contributed by atoms with Crippen LogP contribution in [0.4, 0.5) is 0 Å². The highest BCUT2D eigenvalue weighted by Gasteiger charge is 2.19. The molecule has 0 radical (unpaired) electrons. The summed E-state index contributed by atoms with van der Waals surface area (Å²) in [4.78, 5) is 12.3. The lowest BCUT2D eigenvalue weighted by Gasteiger charge is -2.10. The van der Waals surface area contributed by atoms with E-state index in [1.807, 2.05) is 55.5 Å². The molecule has 3 rings (SSSR count). The first-order valence-electron chi connectivity index (χ1n) is 8.66. The monoisotopic (exact) mass is 357 g/mol. The summed E-state index contributed by atoms with van der Waals surface area (Å²) in [6.45, 7) is 2.53. The van der Waals surface area contributed by atoms with E-state index in [4.69, 9.17) is 4.74 Å². The lowest BCUT2D eigenvalue weighted by molar-refractivity contribution is -0.121. The number of carbonyl (C=O) groups excluding carboxylic acids is 1. The second-order valence-electron chi connectivity index (χ2n) is 5.84. The molecular formula is C22H19N3O2. The molecule has 3 aromatic carbocycles. The molecule has 0 bridgehead atoms. The van der Waals surface area contributed by atoms with Crippen LogP contribution >= 0.6 is 0 Å². The van der Waals surface area contributed by atoms with Crippen LogP contribution in [-0.4, -0.2) is 18.7 Å². The van der Waals surface area contributed by atoms with Crippen LogP contribution in [0.15, 0.2) is 71.8 Å². The third-order valence-corrected chi connectivity index (χ3v) is 4.12. The van der Waals surface area contributed by atoms with E-state index in [1.54, 1.807) is 30.5 Å². The molecule has 27 heavy (non-hydrogen) atoms. The molecule has 0 aliphatic heterocycles. The molecule has 1 atom stereocenters. The van der Waals surface area contributed by atoms with Gasteiger partial charge in [-0.05, 0) is 30.0 Å². The summed E-state index contributed by atoms with van der Waals surface area (Å²) < 4.78 is 5.66. The number of benzene rings is 3. The van der Waals surface area contributed by atoms with Crippen LogP contribution in [0.2, 0.25) is 0 Å². The van der Waals surface area contributed by atoms with Crippen molar-refractivity contribution in [3.05, 3.63) is 77.9 Å². The summed E-state index contributed by atoms with van der Waals surface area (Å²) in [5, 5.41) is 15.3. The van der Waals surface area contributed by atoms with E-state index in [2.05, 4.69) is 10.5 Å². The van der Waals surface area contributed by atoms with Gasteiger partial charge in [-0.2, -0.15) is 10.4 Å². The Morgan fingerprint density at radius 2 is 1.81 bits per heavy atom. The molecule has 0 saturated carbocycles. The Labute approximate surface area is 157 Å². The number of fused-ring (bicyclic) bond motifs is 1. The normalized spacial score (nSPS) is 11.9. The SMILES string of the molecule is CCOc1ccc(/C=N\NC(=O)[C@H](C#N)c2ccccc2)c2ccccc12. The van der Waals surface area contributed by atoms with Gasteiger partial charge in [0.25, 0.3) is 5.91 Å². The number of hydrazone groups is 1. The molecule has 0 fully saturated rings. The molecule has 0 spiro atoms. The highest BCUT2D eigenvalue weighted by Crippen LogP contribution is 2.27. The van der Waals surface area contributed by atoms with Crippen LogP contribution in [0.25, 0.3) is 10.8 Å². The van der Waals surface area contributed by atoms with Gasteiger partial charge in [-0.1, -0.05) is 54.6 Å². The maximum Gasteiger partial charge on any atom is 0.261 e. The van der Waals surface area contributed by atoms with Crippen LogP contribution < -0.4 is 10.2 Å². The van der Waals surface area contributed by atoms with E-state index in [1.165, 1.54) is 0 Å². The minimum atomic E-state index is -0.902. The van der Waals surface area contributed by atoms with E-state index in [-0.39, 0.29) is 0 Å². The fourth-order valence-corrected chi connectivity index (χ4v) is 2.85. The number of nitrogens with zero attached hydrogens (tertiary/aromatic N) is 2. The summed E-state index contributed by atoms with van der Waals surface area (Å²) in [5.74, 6) is -0.557. The van der Waals surface area contributed by atoms with Gasteiger partial charge in [-0.25, -0.2) is 5.43 Å². The van der Waals surface area contributed by atoms with Crippen molar-refractivity contribution >= 4 is 22.9 Å². The Hall–Kier alpha value is -3.65. The second kappa shape index (κ2) is 8.63.